The molecule has 0 saturated carbocycles. The molecular formula is C98H80BN3Si2. The van der Waals surface area contributed by atoms with Crippen LogP contribution >= 0.6 is 0 Å². The number of fused-ring (bicyclic) bond motifs is 7. The molecule has 1 aromatic heterocycles. The number of rotatable bonds is 13. The Bertz CT molecular complexity index is 5580. The van der Waals surface area contributed by atoms with Gasteiger partial charge in [0.25, 0.3) is 6.71 Å². The van der Waals surface area contributed by atoms with E-state index in [0.717, 1.165) is 45.4 Å². The molecule has 0 fully saturated rings. The van der Waals surface area contributed by atoms with Crippen LogP contribution in [0.4, 0.5) is 34.1 Å². The highest BCUT2D eigenvalue weighted by molar-refractivity contribution is 7.20. The number of anilines is 6. The maximum Gasteiger partial charge on any atom is 0.252 e. The zero-order valence-electron chi connectivity index (χ0n) is 59.7. The summed E-state index contributed by atoms with van der Waals surface area (Å²) >= 11 is 0. The van der Waals surface area contributed by atoms with Gasteiger partial charge in [0.05, 0.1) is 16.7 Å². The molecule has 104 heavy (non-hydrogen) atoms. The van der Waals surface area contributed by atoms with Crippen LogP contribution in [-0.2, 0) is 10.8 Å². The van der Waals surface area contributed by atoms with Crippen LogP contribution in [0.3, 0.4) is 0 Å². The highest BCUT2D eigenvalue weighted by Gasteiger charge is 2.47. The Hall–Kier alpha value is -11.8. The molecule has 2 aliphatic heterocycles. The molecule has 18 rings (SSSR count). The van der Waals surface area contributed by atoms with Gasteiger partial charge in [0.15, 0.2) is 16.1 Å². The van der Waals surface area contributed by atoms with Crippen LogP contribution in [0.15, 0.2) is 376 Å². The first-order valence-corrected chi connectivity index (χ1v) is 40.7. The molecular weight excluding hydrogens is 1290 g/mol. The molecule has 3 nitrogen and oxygen atoms in total. The van der Waals surface area contributed by atoms with E-state index >= 15 is 0 Å². The fourth-order valence-electron chi connectivity index (χ4n) is 17.5. The standard InChI is InChI=1S/C98H80BN3Si2/c1-97(2,3)72-51-62-89-86(65-72)87-66-73(98(4,5)6)52-63-90(87)102(89)76-67-93-96-94(68-76)101(75-55-59-84(60-56-75)104(80-42-25-12-26-43-80,81-44-27-13-28-45-81)82-46-29-14-30-47-82)92-64-71(69-32-15-7-16-33-69)50-61-88(92)99(96)95-85(70-34-17-8-18-35-70)48-31-49-91(95)100(93)74-53-57-83(58-54-74)103(77-36-19-9-20-37-77,78-38-21-10-22-39-78)79-40-23-11-24-41-79/h7-68H,1-6H3. The summed E-state index contributed by atoms with van der Waals surface area (Å²) in [7, 11) is -5.87. The SMILES string of the molecule is CC(C)(C)c1ccc2c(c1)c1cc(C(C)(C)C)ccc1n2-c1cc2c3c(c1)N(c1ccc([Si](c4ccccc4)(c4ccccc4)c4ccccc4)cc1)c1cccc(-c4ccccc4)c1B3c1ccc(-c3ccccc3)cc1N2c1ccc([Si](c2ccccc2)(c2ccccc2)c2ccccc2)cc1. The van der Waals surface area contributed by atoms with Gasteiger partial charge in [-0.25, -0.2) is 0 Å². The smallest absolute Gasteiger partial charge is 0.252 e. The Labute approximate surface area is 614 Å². The summed E-state index contributed by atoms with van der Waals surface area (Å²) in [5.41, 5.74) is 21.2. The predicted molar refractivity (Wildman–Crippen MR) is 450 cm³/mol. The molecule has 0 amide bonds. The fraction of sp³-hybridized carbons (Fsp3) is 0.0816. The first kappa shape index (κ1) is 64.3. The normalized spacial score (nSPS) is 12.8. The van der Waals surface area contributed by atoms with Crippen molar-refractivity contribution in [1.82, 2.24) is 4.57 Å². The van der Waals surface area contributed by atoms with Crippen molar-refractivity contribution in [3.05, 3.63) is 387 Å². The summed E-state index contributed by atoms with van der Waals surface area (Å²) < 4.78 is 2.59. The van der Waals surface area contributed by atoms with Crippen molar-refractivity contribution >= 4 is 137 Å². The molecule has 16 aromatic rings. The number of hydrogen-bond donors (Lipinski definition) is 0. The zero-order valence-corrected chi connectivity index (χ0v) is 61.7. The second-order valence-corrected chi connectivity index (χ2v) is 38.0. The second kappa shape index (κ2) is 25.6. The van der Waals surface area contributed by atoms with E-state index in [-0.39, 0.29) is 17.5 Å². The first-order chi connectivity index (χ1) is 50.9. The van der Waals surface area contributed by atoms with Crippen LogP contribution in [0.1, 0.15) is 52.7 Å². The lowest BCUT2D eigenvalue weighted by Gasteiger charge is -2.45. The molecule has 498 valence electrons. The van der Waals surface area contributed by atoms with Gasteiger partial charge in [0, 0.05) is 44.9 Å². The van der Waals surface area contributed by atoms with Crippen LogP contribution in [0.5, 0.6) is 0 Å². The van der Waals surface area contributed by atoms with Gasteiger partial charge in [0.2, 0.25) is 0 Å². The summed E-state index contributed by atoms with van der Waals surface area (Å²) in [4.78, 5) is 5.27. The molecule has 3 heterocycles. The molecule has 0 aliphatic carbocycles. The van der Waals surface area contributed by atoms with Gasteiger partial charge in [-0.05, 0) is 175 Å². The highest BCUT2D eigenvalue weighted by atomic mass is 28.3. The van der Waals surface area contributed by atoms with E-state index in [1.807, 2.05) is 0 Å². The first-order valence-electron chi connectivity index (χ1n) is 36.7. The van der Waals surface area contributed by atoms with Gasteiger partial charge < -0.3 is 14.4 Å². The third-order valence-electron chi connectivity index (χ3n) is 22.4. The quantitative estimate of drug-likeness (QED) is 0.0842. The third kappa shape index (κ3) is 10.5. The van der Waals surface area contributed by atoms with Crippen molar-refractivity contribution in [2.75, 3.05) is 9.80 Å². The Kier molecular flexibility index (Phi) is 15.8. The Morgan fingerprint density at radius 1 is 0.250 bits per heavy atom. The van der Waals surface area contributed by atoms with Gasteiger partial charge in [-0.3, -0.25) is 0 Å². The zero-order chi connectivity index (χ0) is 70.3. The number of benzene rings is 15. The molecule has 2 aliphatic rings. The predicted octanol–water partition coefficient (Wildman–Crippen LogP) is 17.6. The maximum atomic E-state index is 2.64. The summed E-state index contributed by atoms with van der Waals surface area (Å²) in [6, 6.07) is 144. The van der Waals surface area contributed by atoms with E-state index in [9.17, 15) is 0 Å². The molecule has 0 unspecified atom stereocenters. The fourth-order valence-corrected chi connectivity index (χ4v) is 27.0. The number of nitrogens with zero attached hydrogens (tertiary/aromatic N) is 3. The second-order valence-electron chi connectivity index (χ2n) is 30.3. The largest absolute Gasteiger partial charge is 0.311 e. The molecule has 0 spiro atoms. The van der Waals surface area contributed by atoms with Crippen LogP contribution in [-0.4, -0.2) is 27.4 Å². The molecule has 0 N–H and O–H groups in total. The molecule has 6 heteroatoms. The lowest BCUT2D eigenvalue weighted by molar-refractivity contribution is 0.590. The summed E-state index contributed by atoms with van der Waals surface area (Å²) in [6.45, 7) is 13.8. The summed E-state index contributed by atoms with van der Waals surface area (Å²) in [6.07, 6.45) is 0. The van der Waals surface area contributed by atoms with E-state index in [2.05, 4.69) is 432 Å². The third-order valence-corrected chi connectivity index (χ3v) is 32.0. The van der Waals surface area contributed by atoms with Crippen LogP contribution in [0.2, 0.25) is 0 Å². The minimum Gasteiger partial charge on any atom is -0.311 e. The average molecular weight is 1370 g/mol. The van der Waals surface area contributed by atoms with Gasteiger partial charge in [-0.2, -0.15) is 0 Å². The summed E-state index contributed by atoms with van der Waals surface area (Å²) in [5, 5.41) is 13.2. The van der Waals surface area contributed by atoms with Crippen molar-refractivity contribution in [3.63, 3.8) is 0 Å². The number of aromatic nitrogens is 1. The van der Waals surface area contributed by atoms with Crippen LogP contribution in [0.25, 0.3) is 49.7 Å². The average Bonchev–Trinajstić information content (AvgIpc) is 0.888. The molecule has 0 radical (unpaired) electrons. The number of hydrogen-bond acceptors (Lipinski definition) is 2. The minimum atomic E-state index is -2.94. The van der Waals surface area contributed by atoms with Gasteiger partial charge >= 0.3 is 0 Å². The topological polar surface area (TPSA) is 11.4 Å². The van der Waals surface area contributed by atoms with Crippen LogP contribution in [0, 0.1) is 0 Å². The monoisotopic (exact) mass is 1370 g/mol. The van der Waals surface area contributed by atoms with E-state index in [1.54, 1.807) is 0 Å². The molecule has 0 atom stereocenters. The van der Waals surface area contributed by atoms with E-state index in [4.69, 9.17) is 0 Å². The van der Waals surface area contributed by atoms with Crippen molar-refractivity contribution in [3.8, 4) is 27.9 Å². The van der Waals surface area contributed by atoms with Crippen molar-refractivity contribution in [2.24, 2.45) is 0 Å². The Morgan fingerprint density at radius 2 is 0.606 bits per heavy atom. The Balaban J connectivity index is 0.957. The van der Waals surface area contributed by atoms with Crippen LogP contribution < -0.4 is 67.7 Å². The molecule has 0 bridgehead atoms. The van der Waals surface area contributed by atoms with Crippen molar-refractivity contribution < 1.29 is 0 Å². The van der Waals surface area contributed by atoms with Gasteiger partial charge in [0.1, 0.15) is 0 Å². The summed E-state index contributed by atoms with van der Waals surface area (Å²) in [5.74, 6) is 0. The minimum absolute atomic E-state index is 0.0732. The van der Waals surface area contributed by atoms with E-state index < -0.39 is 16.1 Å². The highest BCUT2D eigenvalue weighted by Crippen LogP contribution is 2.48. The van der Waals surface area contributed by atoms with Crippen molar-refractivity contribution in [2.45, 2.75) is 52.4 Å². The Morgan fingerprint density at radius 3 is 0.990 bits per heavy atom. The lowest BCUT2D eigenvalue weighted by atomic mass is 9.32. The lowest BCUT2D eigenvalue weighted by Crippen LogP contribution is -2.74. The van der Waals surface area contributed by atoms with Crippen molar-refractivity contribution in [1.29, 1.82) is 0 Å². The van der Waals surface area contributed by atoms with Gasteiger partial charge in [-0.1, -0.05) is 345 Å². The van der Waals surface area contributed by atoms with E-state index in [1.165, 1.54) is 108 Å². The van der Waals surface area contributed by atoms with E-state index in [0.29, 0.717) is 0 Å². The molecule has 15 aromatic carbocycles. The maximum absolute atomic E-state index is 2.94. The van der Waals surface area contributed by atoms with Gasteiger partial charge in [-0.15, -0.1) is 0 Å². The molecule has 0 saturated heterocycles.